The fourth-order valence-electron chi connectivity index (χ4n) is 2.33. The molecule has 0 bridgehead atoms. The number of hydrogen-bond acceptors (Lipinski definition) is 3. The largest absolute Gasteiger partial charge is 0.383 e. The molecule has 0 amide bonds. The summed E-state index contributed by atoms with van der Waals surface area (Å²) in [6.45, 7) is 0. The van der Waals surface area contributed by atoms with Gasteiger partial charge in [-0.25, -0.2) is 4.98 Å². The molecule has 2 aromatic rings. The first-order valence-electron chi connectivity index (χ1n) is 5.70. The van der Waals surface area contributed by atoms with E-state index in [1.165, 1.54) is 11.8 Å². The highest BCUT2D eigenvalue weighted by Crippen LogP contribution is 2.38. The lowest BCUT2D eigenvalue weighted by molar-refractivity contribution is 0.0949. The number of nitrogens with zero attached hydrogens (tertiary/aromatic N) is 1. The summed E-state index contributed by atoms with van der Waals surface area (Å²) in [6.07, 6.45) is 2.21. The summed E-state index contributed by atoms with van der Waals surface area (Å²) in [4.78, 5) is 16.3. The molecule has 0 radical (unpaired) electrons. The Balaban J connectivity index is 1.96. The molecule has 1 unspecified atom stereocenters. The molecule has 90 valence electrons. The van der Waals surface area contributed by atoms with Crippen LogP contribution < -0.4 is 5.73 Å². The Bertz CT molecular complexity index is 639. The topological polar surface area (TPSA) is 56.0 Å². The van der Waals surface area contributed by atoms with E-state index in [1.54, 1.807) is 6.07 Å². The molecule has 1 heterocycles. The normalized spacial score (nSPS) is 16.8. The number of rotatable bonds is 2. The third kappa shape index (κ3) is 1.68. The van der Waals surface area contributed by atoms with Crippen LogP contribution >= 0.6 is 11.6 Å². The van der Waals surface area contributed by atoms with Crippen molar-refractivity contribution in [2.75, 3.05) is 5.73 Å². The molecule has 0 aliphatic heterocycles. The summed E-state index contributed by atoms with van der Waals surface area (Å²) in [5.41, 5.74) is 8.47. The maximum Gasteiger partial charge on any atom is 0.174 e. The number of ketones is 1. The molecule has 18 heavy (non-hydrogen) atoms. The van der Waals surface area contributed by atoms with Crippen molar-refractivity contribution in [3.05, 3.63) is 58.2 Å². The smallest absolute Gasteiger partial charge is 0.174 e. The summed E-state index contributed by atoms with van der Waals surface area (Å²) in [5, 5.41) is 0.431. The first kappa shape index (κ1) is 11.2. The van der Waals surface area contributed by atoms with Crippen LogP contribution in [0.25, 0.3) is 0 Å². The van der Waals surface area contributed by atoms with E-state index in [4.69, 9.17) is 17.3 Å². The molecule has 1 atom stereocenters. The van der Waals surface area contributed by atoms with Crippen molar-refractivity contribution in [3.8, 4) is 0 Å². The quantitative estimate of drug-likeness (QED) is 0.843. The van der Waals surface area contributed by atoms with E-state index >= 15 is 0 Å². The first-order chi connectivity index (χ1) is 8.66. The molecule has 1 aromatic carbocycles. The van der Waals surface area contributed by atoms with Crippen molar-refractivity contribution in [3.63, 3.8) is 0 Å². The van der Waals surface area contributed by atoms with Crippen molar-refractivity contribution in [2.24, 2.45) is 0 Å². The highest BCUT2D eigenvalue weighted by atomic mass is 35.5. The lowest BCUT2D eigenvalue weighted by Gasteiger charge is -2.29. The van der Waals surface area contributed by atoms with Crippen molar-refractivity contribution in [1.29, 1.82) is 0 Å². The summed E-state index contributed by atoms with van der Waals surface area (Å²) in [7, 11) is 0. The summed E-state index contributed by atoms with van der Waals surface area (Å²) >= 11 is 5.86. The number of carbonyl (C=O) groups is 1. The van der Waals surface area contributed by atoms with Crippen LogP contribution in [-0.4, -0.2) is 10.8 Å². The fraction of sp³-hybridized carbons (Fsp3) is 0.143. The standard InChI is InChI=1S/C14H11ClN2O/c15-9-6-12(14(16)17-7-9)13(18)11-5-8-3-1-2-4-10(8)11/h1-4,6-7,11H,5H2,(H2,16,17). The van der Waals surface area contributed by atoms with Gasteiger partial charge in [0.25, 0.3) is 0 Å². The van der Waals surface area contributed by atoms with Gasteiger partial charge in [-0.05, 0) is 23.6 Å². The van der Waals surface area contributed by atoms with Crippen LogP contribution in [0.5, 0.6) is 0 Å². The molecule has 2 N–H and O–H groups in total. The Hall–Kier alpha value is -1.87. The van der Waals surface area contributed by atoms with Gasteiger partial charge in [0.05, 0.1) is 16.5 Å². The number of carbonyl (C=O) groups excluding carboxylic acids is 1. The van der Waals surface area contributed by atoms with Crippen LogP contribution in [0.2, 0.25) is 5.02 Å². The van der Waals surface area contributed by atoms with Crippen LogP contribution in [0.15, 0.2) is 36.5 Å². The monoisotopic (exact) mass is 258 g/mol. The highest BCUT2D eigenvalue weighted by molar-refractivity contribution is 6.31. The molecule has 0 spiro atoms. The van der Waals surface area contributed by atoms with Gasteiger partial charge in [-0.2, -0.15) is 0 Å². The summed E-state index contributed by atoms with van der Waals surface area (Å²) in [6, 6.07) is 9.54. The molecular formula is C14H11ClN2O. The Morgan fingerprint density at radius 3 is 2.94 bits per heavy atom. The number of fused-ring (bicyclic) bond motifs is 1. The van der Waals surface area contributed by atoms with Gasteiger partial charge in [0.15, 0.2) is 5.78 Å². The second kappa shape index (κ2) is 4.10. The number of pyridine rings is 1. The number of anilines is 1. The van der Waals surface area contributed by atoms with Crippen molar-refractivity contribution in [1.82, 2.24) is 4.98 Å². The number of hydrogen-bond donors (Lipinski definition) is 1. The zero-order chi connectivity index (χ0) is 12.7. The van der Waals surface area contributed by atoms with Crippen LogP contribution in [0.4, 0.5) is 5.82 Å². The molecule has 1 aliphatic rings. The maximum atomic E-state index is 12.4. The van der Waals surface area contributed by atoms with Crippen LogP contribution in [0.3, 0.4) is 0 Å². The van der Waals surface area contributed by atoms with E-state index in [-0.39, 0.29) is 17.5 Å². The minimum atomic E-state index is -0.108. The van der Waals surface area contributed by atoms with E-state index in [0.717, 1.165) is 12.0 Å². The molecular weight excluding hydrogens is 248 g/mol. The second-order valence-corrected chi connectivity index (χ2v) is 4.84. The SMILES string of the molecule is Nc1ncc(Cl)cc1C(=O)C1Cc2ccccc21. The second-order valence-electron chi connectivity index (χ2n) is 4.41. The van der Waals surface area contributed by atoms with Gasteiger partial charge in [-0.3, -0.25) is 4.79 Å². The number of Topliss-reactive ketones (excluding diaryl/α,β-unsaturated/α-hetero) is 1. The van der Waals surface area contributed by atoms with Crippen LogP contribution in [0, 0.1) is 0 Å². The molecule has 0 saturated heterocycles. The summed E-state index contributed by atoms with van der Waals surface area (Å²) < 4.78 is 0. The van der Waals surface area contributed by atoms with Crippen LogP contribution in [-0.2, 0) is 6.42 Å². The van der Waals surface area contributed by atoms with Gasteiger partial charge in [-0.15, -0.1) is 0 Å². The molecule has 4 heteroatoms. The maximum absolute atomic E-state index is 12.4. The van der Waals surface area contributed by atoms with Gasteiger partial charge in [0.1, 0.15) is 5.82 Å². The predicted octanol–water partition coefficient (Wildman–Crippen LogP) is 2.84. The first-order valence-corrected chi connectivity index (χ1v) is 6.07. The highest BCUT2D eigenvalue weighted by Gasteiger charge is 2.33. The molecule has 3 rings (SSSR count). The summed E-state index contributed by atoms with van der Waals surface area (Å²) in [5.74, 6) is 0.138. The number of aromatic nitrogens is 1. The van der Waals surface area contributed by atoms with E-state index in [0.29, 0.717) is 10.6 Å². The zero-order valence-corrected chi connectivity index (χ0v) is 10.3. The third-order valence-electron chi connectivity index (χ3n) is 3.32. The molecule has 3 nitrogen and oxygen atoms in total. The van der Waals surface area contributed by atoms with Gasteiger partial charge < -0.3 is 5.73 Å². The molecule has 0 fully saturated rings. The van der Waals surface area contributed by atoms with Gasteiger partial charge >= 0.3 is 0 Å². The lowest BCUT2D eigenvalue weighted by atomic mass is 9.74. The van der Waals surface area contributed by atoms with E-state index < -0.39 is 0 Å². The van der Waals surface area contributed by atoms with Crippen molar-refractivity contribution >= 4 is 23.2 Å². The Morgan fingerprint density at radius 2 is 2.17 bits per heavy atom. The Labute approximate surface area is 110 Å². The fourth-order valence-corrected chi connectivity index (χ4v) is 2.49. The molecule has 1 aromatic heterocycles. The van der Waals surface area contributed by atoms with Gasteiger partial charge in [0, 0.05) is 6.20 Å². The van der Waals surface area contributed by atoms with Gasteiger partial charge in [-0.1, -0.05) is 35.9 Å². The van der Waals surface area contributed by atoms with Crippen molar-refractivity contribution < 1.29 is 4.79 Å². The van der Waals surface area contributed by atoms with Crippen molar-refractivity contribution in [2.45, 2.75) is 12.3 Å². The Morgan fingerprint density at radius 1 is 1.39 bits per heavy atom. The number of nitrogen functional groups attached to an aromatic ring is 1. The molecule has 1 aliphatic carbocycles. The average Bonchev–Trinajstić information content (AvgIpc) is 2.33. The van der Waals surface area contributed by atoms with E-state index in [2.05, 4.69) is 4.98 Å². The predicted molar refractivity (Wildman–Crippen MR) is 70.9 cm³/mol. The number of benzene rings is 1. The van der Waals surface area contributed by atoms with Crippen LogP contribution in [0.1, 0.15) is 27.4 Å². The molecule has 0 saturated carbocycles. The number of nitrogens with two attached hydrogens (primary N) is 1. The van der Waals surface area contributed by atoms with E-state index in [9.17, 15) is 4.79 Å². The van der Waals surface area contributed by atoms with E-state index in [1.807, 2.05) is 24.3 Å². The average molecular weight is 259 g/mol. The van der Waals surface area contributed by atoms with Gasteiger partial charge in [0.2, 0.25) is 0 Å². The minimum Gasteiger partial charge on any atom is -0.383 e. The third-order valence-corrected chi connectivity index (χ3v) is 3.53. The zero-order valence-electron chi connectivity index (χ0n) is 9.56. The number of halogens is 1. The minimum absolute atomic E-state index is 0.00111. The lowest BCUT2D eigenvalue weighted by Crippen LogP contribution is -2.26. The Kier molecular flexibility index (Phi) is 2.56.